The molecule has 0 saturated carbocycles. The van der Waals surface area contributed by atoms with Crippen molar-refractivity contribution in [2.45, 2.75) is 13.8 Å². The summed E-state index contributed by atoms with van der Waals surface area (Å²) in [6, 6.07) is 2.23. The maximum Gasteiger partial charge on any atom is 0.356 e. The van der Waals surface area contributed by atoms with Crippen LogP contribution in [0.25, 0.3) is 0 Å². The highest BCUT2D eigenvalue weighted by Crippen LogP contribution is 2.38. The van der Waals surface area contributed by atoms with E-state index in [1.165, 1.54) is 13.8 Å². The van der Waals surface area contributed by atoms with Gasteiger partial charge in [0.15, 0.2) is 0 Å². The number of rotatable bonds is 2. The summed E-state index contributed by atoms with van der Waals surface area (Å²) in [5.74, 6) is 0. The van der Waals surface area contributed by atoms with E-state index >= 15 is 0 Å². The number of hydrogen-bond donors (Lipinski definition) is 4. The summed E-state index contributed by atoms with van der Waals surface area (Å²) in [6.45, 7) is 2.79. The number of hydrogen-bond acceptors (Lipinski definition) is 2. The van der Waals surface area contributed by atoms with Gasteiger partial charge in [-0.2, -0.15) is 0 Å². The van der Waals surface area contributed by atoms with Crippen LogP contribution in [-0.4, -0.2) is 19.6 Å². The lowest BCUT2D eigenvalue weighted by atomic mass is 10.2. The SMILES string of the molecule is Cc1cc(P(=O)(O)O)c(C)cc1P(=O)(O)O. The van der Waals surface area contributed by atoms with Gasteiger partial charge in [0.1, 0.15) is 0 Å². The molecule has 0 aliphatic rings. The van der Waals surface area contributed by atoms with Gasteiger partial charge in [0.25, 0.3) is 0 Å². The maximum atomic E-state index is 11.1. The average molecular weight is 266 g/mol. The molecule has 0 radical (unpaired) electrons. The minimum Gasteiger partial charge on any atom is -0.321 e. The van der Waals surface area contributed by atoms with Gasteiger partial charge >= 0.3 is 15.2 Å². The number of aryl methyl sites for hydroxylation is 2. The molecule has 6 nitrogen and oxygen atoms in total. The van der Waals surface area contributed by atoms with E-state index in [4.69, 9.17) is 19.6 Å². The van der Waals surface area contributed by atoms with Crippen molar-refractivity contribution in [3.05, 3.63) is 23.3 Å². The highest BCUT2D eigenvalue weighted by molar-refractivity contribution is 7.61. The fourth-order valence-electron chi connectivity index (χ4n) is 1.41. The molecule has 90 valence electrons. The largest absolute Gasteiger partial charge is 0.356 e. The predicted molar refractivity (Wildman–Crippen MR) is 59.3 cm³/mol. The second kappa shape index (κ2) is 4.08. The summed E-state index contributed by atoms with van der Waals surface area (Å²) in [5, 5.41) is -0.413. The van der Waals surface area contributed by atoms with Crippen molar-refractivity contribution in [2.24, 2.45) is 0 Å². The predicted octanol–water partition coefficient (Wildman–Crippen LogP) is -0.0906. The maximum absolute atomic E-state index is 11.1. The van der Waals surface area contributed by atoms with Crippen LogP contribution in [0.1, 0.15) is 11.1 Å². The Morgan fingerprint density at radius 2 is 1.06 bits per heavy atom. The lowest BCUT2D eigenvalue weighted by Gasteiger charge is -2.13. The first kappa shape index (κ1) is 13.6. The Kier molecular flexibility index (Phi) is 3.46. The smallest absolute Gasteiger partial charge is 0.321 e. The van der Waals surface area contributed by atoms with Crippen molar-refractivity contribution in [3.8, 4) is 0 Å². The zero-order valence-electron chi connectivity index (χ0n) is 8.65. The first-order valence-electron chi connectivity index (χ1n) is 4.27. The lowest BCUT2D eigenvalue weighted by Crippen LogP contribution is -2.17. The molecular formula is C8H12O6P2. The Bertz CT molecular complexity index is 464. The van der Waals surface area contributed by atoms with Crippen LogP contribution in [0.3, 0.4) is 0 Å². The Labute approximate surface area is 92.3 Å². The molecule has 0 bridgehead atoms. The molecule has 0 aliphatic heterocycles. The fourth-order valence-corrected chi connectivity index (χ4v) is 3.19. The van der Waals surface area contributed by atoms with Gasteiger partial charge in [-0.3, -0.25) is 9.13 Å². The minimum absolute atomic E-state index is 0.164. The summed E-state index contributed by atoms with van der Waals surface area (Å²) < 4.78 is 22.1. The van der Waals surface area contributed by atoms with Gasteiger partial charge < -0.3 is 19.6 Å². The molecular weight excluding hydrogens is 254 g/mol. The van der Waals surface area contributed by atoms with Crippen molar-refractivity contribution in [1.29, 1.82) is 0 Å². The second-order valence-electron chi connectivity index (χ2n) is 3.51. The topological polar surface area (TPSA) is 115 Å². The van der Waals surface area contributed by atoms with E-state index in [-0.39, 0.29) is 21.7 Å². The van der Waals surface area contributed by atoms with Crippen LogP contribution < -0.4 is 10.6 Å². The summed E-state index contributed by atoms with van der Waals surface area (Å²) in [6.07, 6.45) is 0. The van der Waals surface area contributed by atoms with E-state index in [0.717, 1.165) is 12.1 Å². The molecule has 0 aromatic heterocycles. The molecule has 1 aromatic carbocycles. The van der Waals surface area contributed by atoms with Crippen molar-refractivity contribution >= 4 is 25.8 Å². The van der Waals surface area contributed by atoms with Gasteiger partial charge in [0, 0.05) is 0 Å². The molecule has 0 atom stereocenters. The Balaban J connectivity index is 3.52. The number of benzene rings is 1. The zero-order chi connectivity index (χ0) is 12.7. The quantitative estimate of drug-likeness (QED) is 0.556. The average Bonchev–Trinajstić information content (AvgIpc) is 2.04. The third-order valence-corrected chi connectivity index (χ3v) is 4.36. The molecule has 1 aromatic rings. The molecule has 0 saturated heterocycles. The van der Waals surface area contributed by atoms with Crippen LogP contribution in [0.5, 0.6) is 0 Å². The van der Waals surface area contributed by atoms with Gasteiger partial charge in [-0.25, -0.2) is 0 Å². The van der Waals surface area contributed by atoms with Crippen molar-refractivity contribution < 1.29 is 28.7 Å². The molecule has 4 N–H and O–H groups in total. The van der Waals surface area contributed by atoms with Crippen molar-refractivity contribution in [2.75, 3.05) is 0 Å². The van der Waals surface area contributed by atoms with Crippen LogP contribution in [0, 0.1) is 13.8 Å². The highest BCUT2D eigenvalue weighted by Gasteiger charge is 2.26. The van der Waals surface area contributed by atoms with Crippen LogP contribution in [-0.2, 0) is 9.13 Å². The van der Waals surface area contributed by atoms with Crippen molar-refractivity contribution in [3.63, 3.8) is 0 Å². The van der Waals surface area contributed by atoms with E-state index in [1.54, 1.807) is 0 Å². The molecule has 1 rings (SSSR count). The summed E-state index contributed by atoms with van der Waals surface area (Å²) in [4.78, 5) is 36.0. The van der Waals surface area contributed by atoms with E-state index < -0.39 is 15.2 Å². The second-order valence-corrected chi connectivity index (χ2v) is 6.65. The summed E-state index contributed by atoms with van der Waals surface area (Å²) in [5.41, 5.74) is 0.328. The molecule has 0 heterocycles. The van der Waals surface area contributed by atoms with Crippen LogP contribution in [0.4, 0.5) is 0 Å². The van der Waals surface area contributed by atoms with Crippen molar-refractivity contribution in [1.82, 2.24) is 0 Å². The van der Waals surface area contributed by atoms with Gasteiger partial charge in [0.05, 0.1) is 10.6 Å². The summed E-state index contributed by atoms with van der Waals surface area (Å²) >= 11 is 0. The van der Waals surface area contributed by atoms with Gasteiger partial charge in [0.2, 0.25) is 0 Å². The molecule has 0 aliphatic carbocycles. The standard InChI is InChI=1S/C8H12O6P2/c1-5-3-8(16(12,13)14)6(2)4-7(5)15(9,10)11/h3-4H,1-2H3,(H2,9,10,11)(H2,12,13,14). The van der Waals surface area contributed by atoms with Crippen LogP contribution in [0.15, 0.2) is 12.1 Å². The first-order chi connectivity index (χ1) is 7.03. The first-order valence-corrected chi connectivity index (χ1v) is 7.49. The minimum atomic E-state index is -4.41. The highest BCUT2D eigenvalue weighted by atomic mass is 31.2. The molecule has 16 heavy (non-hydrogen) atoms. The van der Waals surface area contributed by atoms with E-state index in [2.05, 4.69) is 0 Å². The van der Waals surface area contributed by atoms with Crippen LogP contribution >= 0.6 is 15.2 Å². The van der Waals surface area contributed by atoms with Gasteiger partial charge in [-0.15, -0.1) is 0 Å². The molecule has 0 unspecified atom stereocenters. The molecule has 0 fully saturated rings. The van der Waals surface area contributed by atoms with E-state index in [9.17, 15) is 9.13 Å². The molecule has 0 amide bonds. The molecule has 8 heteroatoms. The van der Waals surface area contributed by atoms with Gasteiger partial charge in [-0.05, 0) is 37.1 Å². The van der Waals surface area contributed by atoms with E-state index in [0.29, 0.717) is 0 Å². The van der Waals surface area contributed by atoms with Gasteiger partial charge in [-0.1, -0.05) is 0 Å². The zero-order valence-corrected chi connectivity index (χ0v) is 10.4. The monoisotopic (exact) mass is 266 g/mol. The Hall–Kier alpha value is -0.480. The Morgan fingerprint density at radius 1 is 0.812 bits per heavy atom. The third kappa shape index (κ3) is 2.80. The third-order valence-electron chi connectivity index (χ3n) is 2.14. The lowest BCUT2D eigenvalue weighted by molar-refractivity contribution is 0.384. The summed E-state index contributed by atoms with van der Waals surface area (Å²) in [7, 11) is -8.82. The van der Waals surface area contributed by atoms with Crippen LogP contribution in [0.2, 0.25) is 0 Å². The normalized spacial score (nSPS) is 12.9. The molecule has 0 spiro atoms. The Morgan fingerprint density at radius 3 is 1.25 bits per heavy atom. The fraction of sp³-hybridized carbons (Fsp3) is 0.250. The van der Waals surface area contributed by atoms with E-state index in [1.807, 2.05) is 0 Å².